The fourth-order valence-corrected chi connectivity index (χ4v) is 1.98. The average molecular weight is 276 g/mol. The summed E-state index contributed by atoms with van der Waals surface area (Å²) < 4.78 is 0. The van der Waals surface area contributed by atoms with Crippen LogP contribution >= 0.6 is 11.6 Å². The van der Waals surface area contributed by atoms with E-state index < -0.39 is 0 Å². The van der Waals surface area contributed by atoms with E-state index in [2.05, 4.69) is 12.4 Å². The van der Waals surface area contributed by atoms with Crippen LogP contribution < -0.4 is 5.48 Å². The van der Waals surface area contributed by atoms with Gasteiger partial charge in [-0.3, -0.25) is 4.84 Å². The van der Waals surface area contributed by atoms with Crippen LogP contribution in [-0.2, 0) is 17.9 Å². The van der Waals surface area contributed by atoms with Gasteiger partial charge in [-0.25, -0.2) is 0 Å². The van der Waals surface area contributed by atoms with Crippen molar-refractivity contribution in [1.82, 2.24) is 5.48 Å². The normalized spacial score (nSPS) is 12.3. The number of hydrogen-bond donors (Lipinski definition) is 1. The molecule has 0 fully saturated rings. The maximum absolute atomic E-state index is 5.86. The zero-order valence-electron chi connectivity index (χ0n) is 11.0. The molecule has 0 aliphatic carbocycles. The Morgan fingerprint density at radius 1 is 1.00 bits per heavy atom. The van der Waals surface area contributed by atoms with Crippen LogP contribution in [0.15, 0.2) is 54.6 Å². The Morgan fingerprint density at radius 3 is 2.37 bits per heavy atom. The molecule has 0 heterocycles. The van der Waals surface area contributed by atoms with Gasteiger partial charge < -0.3 is 0 Å². The Kier molecular flexibility index (Phi) is 5.40. The lowest BCUT2D eigenvalue weighted by atomic mass is 10.1. The van der Waals surface area contributed by atoms with Crippen molar-refractivity contribution < 1.29 is 4.84 Å². The molecule has 0 bridgehead atoms. The largest absolute Gasteiger partial charge is 0.297 e. The van der Waals surface area contributed by atoms with Crippen molar-refractivity contribution in [2.45, 2.75) is 26.0 Å². The van der Waals surface area contributed by atoms with Crippen molar-refractivity contribution in [2.24, 2.45) is 0 Å². The smallest absolute Gasteiger partial charge is 0.0933 e. The number of halogens is 1. The van der Waals surface area contributed by atoms with Crippen molar-refractivity contribution in [3.8, 4) is 0 Å². The van der Waals surface area contributed by atoms with E-state index in [4.69, 9.17) is 16.4 Å². The molecule has 2 aromatic rings. The average Bonchev–Trinajstić information content (AvgIpc) is 2.43. The lowest BCUT2D eigenvalue weighted by Gasteiger charge is -2.14. The van der Waals surface area contributed by atoms with Crippen molar-refractivity contribution in [3.05, 3.63) is 70.7 Å². The van der Waals surface area contributed by atoms with Gasteiger partial charge in [0.05, 0.1) is 6.61 Å². The lowest BCUT2D eigenvalue weighted by molar-refractivity contribution is 0.00763. The van der Waals surface area contributed by atoms with E-state index in [1.807, 2.05) is 54.6 Å². The van der Waals surface area contributed by atoms with Crippen molar-refractivity contribution >= 4 is 11.6 Å². The van der Waals surface area contributed by atoms with Gasteiger partial charge in [-0.1, -0.05) is 54.1 Å². The summed E-state index contributed by atoms with van der Waals surface area (Å²) in [5, 5.41) is 0.768. The van der Waals surface area contributed by atoms with Gasteiger partial charge in [0.15, 0.2) is 0 Å². The Hall–Kier alpha value is -1.35. The molecule has 1 N–H and O–H groups in total. The minimum atomic E-state index is 0.255. The Morgan fingerprint density at radius 2 is 1.68 bits per heavy atom. The van der Waals surface area contributed by atoms with Crippen molar-refractivity contribution in [2.75, 3.05) is 0 Å². The van der Waals surface area contributed by atoms with Gasteiger partial charge in [-0.2, -0.15) is 5.48 Å². The maximum atomic E-state index is 5.86. The Labute approximate surface area is 119 Å². The molecule has 2 aromatic carbocycles. The van der Waals surface area contributed by atoms with Gasteiger partial charge >= 0.3 is 0 Å². The molecule has 0 aromatic heterocycles. The van der Waals surface area contributed by atoms with Crippen LogP contribution in [-0.4, -0.2) is 6.04 Å². The molecule has 0 aliphatic rings. The molecule has 1 atom stereocenters. The van der Waals surface area contributed by atoms with Crippen molar-refractivity contribution in [3.63, 3.8) is 0 Å². The Bertz CT molecular complexity index is 484. The maximum Gasteiger partial charge on any atom is 0.0933 e. The number of hydroxylamine groups is 1. The zero-order chi connectivity index (χ0) is 13.5. The molecule has 3 heteroatoms. The Balaban J connectivity index is 1.73. The molecule has 0 saturated heterocycles. The summed E-state index contributed by atoms with van der Waals surface area (Å²) in [7, 11) is 0. The molecule has 0 saturated carbocycles. The molecule has 2 nitrogen and oxygen atoms in total. The predicted molar refractivity (Wildman–Crippen MR) is 79.0 cm³/mol. The summed E-state index contributed by atoms with van der Waals surface area (Å²) in [4.78, 5) is 5.50. The van der Waals surface area contributed by atoms with Crippen LogP contribution in [0.3, 0.4) is 0 Å². The van der Waals surface area contributed by atoms with E-state index in [0.717, 1.165) is 17.0 Å². The summed E-state index contributed by atoms with van der Waals surface area (Å²) in [5.41, 5.74) is 5.47. The van der Waals surface area contributed by atoms with E-state index in [0.29, 0.717) is 6.61 Å². The lowest BCUT2D eigenvalue weighted by Crippen LogP contribution is -2.28. The standard InChI is InChI=1S/C16H18ClNO/c1-13(11-14-7-9-16(17)10-8-14)18-19-12-15-5-3-2-4-6-15/h2-10,13,18H,11-12H2,1H3. The summed E-state index contributed by atoms with van der Waals surface area (Å²) in [6, 6.07) is 18.3. The monoisotopic (exact) mass is 275 g/mol. The molecule has 0 radical (unpaired) electrons. The van der Waals surface area contributed by atoms with Gasteiger partial charge in [0.2, 0.25) is 0 Å². The predicted octanol–water partition coefficient (Wildman–Crippen LogP) is 3.99. The fraction of sp³-hybridized carbons (Fsp3) is 0.250. The third-order valence-corrected chi connectivity index (χ3v) is 3.07. The first-order chi connectivity index (χ1) is 9.24. The topological polar surface area (TPSA) is 21.3 Å². The molecule has 19 heavy (non-hydrogen) atoms. The quantitative estimate of drug-likeness (QED) is 0.805. The van der Waals surface area contributed by atoms with Gasteiger partial charge in [-0.15, -0.1) is 0 Å². The van der Waals surface area contributed by atoms with Gasteiger partial charge in [0.25, 0.3) is 0 Å². The highest BCUT2D eigenvalue weighted by Crippen LogP contribution is 2.11. The molecule has 1 unspecified atom stereocenters. The van der Waals surface area contributed by atoms with E-state index in [1.54, 1.807) is 0 Å². The highest BCUT2D eigenvalue weighted by atomic mass is 35.5. The van der Waals surface area contributed by atoms with Gasteiger partial charge in [0.1, 0.15) is 0 Å². The molecule has 0 aliphatic heterocycles. The second kappa shape index (κ2) is 7.29. The van der Waals surface area contributed by atoms with Crippen LogP contribution in [0.4, 0.5) is 0 Å². The first-order valence-electron chi connectivity index (χ1n) is 6.40. The van der Waals surface area contributed by atoms with Crippen LogP contribution in [0.2, 0.25) is 5.02 Å². The van der Waals surface area contributed by atoms with Crippen LogP contribution in [0.1, 0.15) is 18.1 Å². The first kappa shape index (κ1) is 14.1. The summed E-state index contributed by atoms with van der Waals surface area (Å²) >= 11 is 5.86. The minimum absolute atomic E-state index is 0.255. The third-order valence-electron chi connectivity index (χ3n) is 2.82. The van der Waals surface area contributed by atoms with Crippen molar-refractivity contribution in [1.29, 1.82) is 0 Å². The molecule has 2 rings (SSSR count). The highest BCUT2D eigenvalue weighted by Gasteiger charge is 2.03. The molecular weight excluding hydrogens is 258 g/mol. The number of nitrogens with one attached hydrogen (secondary N) is 1. The summed E-state index contributed by atoms with van der Waals surface area (Å²) in [6.45, 7) is 2.67. The number of rotatable bonds is 6. The summed E-state index contributed by atoms with van der Waals surface area (Å²) in [6.07, 6.45) is 0.909. The first-order valence-corrected chi connectivity index (χ1v) is 6.77. The fourth-order valence-electron chi connectivity index (χ4n) is 1.86. The van der Waals surface area contributed by atoms with Crippen LogP contribution in [0.5, 0.6) is 0 Å². The molecule has 0 spiro atoms. The van der Waals surface area contributed by atoms with Gasteiger partial charge in [0, 0.05) is 11.1 Å². The van der Waals surface area contributed by atoms with Gasteiger partial charge in [-0.05, 0) is 36.6 Å². The highest BCUT2D eigenvalue weighted by molar-refractivity contribution is 6.30. The minimum Gasteiger partial charge on any atom is -0.297 e. The van der Waals surface area contributed by atoms with E-state index >= 15 is 0 Å². The SMILES string of the molecule is CC(Cc1ccc(Cl)cc1)NOCc1ccccc1. The second-order valence-corrected chi connectivity index (χ2v) is 5.06. The zero-order valence-corrected chi connectivity index (χ0v) is 11.7. The number of benzene rings is 2. The third kappa shape index (κ3) is 5.03. The van der Waals surface area contributed by atoms with E-state index in [1.165, 1.54) is 5.56 Å². The van der Waals surface area contributed by atoms with Crippen LogP contribution in [0, 0.1) is 0 Å². The van der Waals surface area contributed by atoms with Crippen LogP contribution in [0.25, 0.3) is 0 Å². The second-order valence-electron chi connectivity index (χ2n) is 4.62. The summed E-state index contributed by atoms with van der Waals surface area (Å²) in [5.74, 6) is 0. The number of hydrogen-bond acceptors (Lipinski definition) is 2. The molecular formula is C16H18ClNO. The molecule has 100 valence electrons. The molecule has 0 amide bonds. The van der Waals surface area contributed by atoms with E-state index in [-0.39, 0.29) is 6.04 Å². The van der Waals surface area contributed by atoms with E-state index in [9.17, 15) is 0 Å².